The van der Waals surface area contributed by atoms with Crippen molar-refractivity contribution < 1.29 is 14.7 Å². The lowest BCUT2D eigenvalue weighted by Crippen LogP contribution is -2.52. The van der Waals surface area contributed by atoms with Gasteiger partial charge in [0.2, 0.25) is 0 Å². The molecule has 0 aromatic rings. The van der Waals surface area contributed by atoms with Crippen LogP contribution in [0.4, 0.5) is 4.79 Å². The standard InChI is InChI=1S/C11H21N3O3/c1-2-3-9(8-10(15)16)13-11(17)14-6-4-12-5-7-14/h9,12H,2-8H2,1H3,(H,13,17)(H,15,16). The van der Waals surface area contributed by atoms with Crippen molar-refractivity contribution in [1.82, 2.24) is 15.5 Å². The van der Waals surface area contributed by atoms with Gasteiger partial charge in [-0.2, -0.15) is 0 Å². The Balaban J connectivity index is 2.41. The predicted molar refractivity (Wildman–Crippen MR) is 63.9 cm³/mol. The number of hydrogen-bond acceptors (Lipinski definition) is 3. The fourth-order valence-corrected chi connectivity index (χ4v) is 1.92. The number of nitrogens with zero attached hydrogens (tertiary/aromatic N) is 1. The highest BCUT2D eigenvalue weighted by Crippen LogP contribution is 2.03. The van der Waals surface area contributed by atoms with Crippen LogP contribution in [0.5, 0.6) is 0 Å². The van der Waals surface area contributed by atoms with Crippen LogP contribution in [0.15, 0.2) is 0 Å². The topological polar surface area (TPSA) is 81.7 Å². The first-order valence-corrected chi connectivity index (χ1v) is 6.11. The summed E-state index contributed by atoms with van der Waals surface area (Å²) in [6, 6.07) is -0.411. The lowest BCUT2D eigenvalue weighted by atomic mass is 10.1. The van der Waals surface area contributed by atoms with Gasteiger partial charge in [-0.05, 0) is 6.42 Å². The molecular weight excluding hydrogens is 222 g/mol. The smallest absolute Gasteiger partial charge is 0.317 e. The summed E-state index contributed by atoms with van der Waals surface area (Å²) < 4.78 is 0. The molecule has 1 aliphatic heterocycles. The molecule has 17 heavy (non-hydrogen) atoms. The molecule has 0 spiro atoms. The van der Waals surface area contributed by atoms with Gasteiger partial charge in [-0.15, -0.1) is 0 Å². The van der Waals surface area contributed by atoms with Gasteiger partial charge in [0.25, 0.3) is 0 Å². The number of aliphatic carboxylic acids is 1. The van der Waals surface area contributed by atoms with Gasteiger partial charge in [0, 0.05) is 32.2 Å². The Labute approximate surface area is 101 Å². The molecule has 98 valence electrons. The molecule has 1 heterocycles. The zero-order valence-corrected chi connectivity index (χ0v) is 10.2. The third-order valence-electron chi connectivity index (χ3n) is 2.79. The van der Waals surface area contributed by atoms with E-state index >= 15 is 0 Å². The zero-order valence-electron chi connectivity index (χ0n) is 10.2. The van der Waals surface area contributed by atoms with Crippen LogP contribution < -0.4 is 10.6 Å². The molecule has 1 atom stereocenters. The van der Waals surface area contributed by atoms with Gasteiger partial charge in [0.05, 0.1) is 6.42 Å². The maximum Gasteiger partial charge on any atom is 0.317 e. The van der Waals surface area contributed by atoms with E-state index in [1.54, 1.807) is 4.90 Å². The summed E-state index contributed by atoms with van der Waals surface area (Å²) in [5.74, 6) is -0.871. The number of amides is 2. The van der Waals surface area contributed by atoms with Gasteiger partial charge in [0.15, 0.2) is 0 Å². The monoisotopic (exact) mass is 243 g/mol. The molecule has 1 saturated heterocycles. The molecule has 0 aliphatic carbocycles. The molecule has 3 N–H and O–H groups in total. The predicted octanol–water partition coefficient (Wildman–Crippen LogP) is 0.245. The highest BCUT2D eigenvalue weighted by molar-refractivity contribution is 5.76. The third kappa shape index (κ3) is 5.04. The van der Waals surface area contributed by atoms with Crippen molar-refractivity contribution in [2.75, 3.05) is 26.2 Å². The number of hydrogen-bond donors (Lipinski definition) is 3. The highest BCUT2D eigenvalue weighted by Gasteiger charge is 2.20. The van der Waals surface area contributed by atoms with Gasteiger partial charge >= 0.3 is 12.0 Å². The minimum absolute atomic E-state index is 0.00826. The van der Waals surface area contributed by atoms with E-state index in [9.17, 15) is 9.59 Å². The summed E-state index contributed by atoms with van der Waals surface area (Å²) in [6.45, 7) is 4.93. The summed E-state index contributed by atoms with van der Waals surface area (Å²) in [5, 5.41) is 14.7. The molecule has 0 aromatic heterocycles. The van der Waals surface area contributed by atoms with Crippen molar-refractivity contribution in [3.63, 3.8) is 0 Å². The van der Waals surface area contributed by atoms with Crippen LogP contribution in [0.3, 0.4) is 0 Å². The van der Waals surface area contributed by atoms with Crippen molar-refractivity contribution in [3.05, 3.63) is 0 Å². The fraction of sp³-hybridized carbons (Fsp3) is 0.818. The fourth-order valence-electron chi connectivity index (χ4n) is 1.92. The largest absolute Gasteiger partial charge is 0.481 e. The van der Waals surface area contributed by atoms with Crippen molar-refractivity contribution in [2.24, 2.45) is 0 Å². The van der Waals surface area contributed by atoms with E-state index in [-0.39, 0.29) is 18.5 Å². The van der Waals surface area contributed by atoms with Gasteiger partial charge in [-0.1, -0.05) is 13.3 Å². The number of carbonyl (C=O) groups excluding carboxylic acids is 1. The van der Waals surface area contributed by atoms with Crippen LogP contribution in [0.25, 0.3) is 0 Å². The number of carboxylic acids is 1. The van der Waals surface area contributed by atoms with Crippen LogP contribution in [-0.4, -0.2) is 54.2 Å². The van der Waals surface area contributed by atoms with Crippen molar-refractivity contribution >= 4 is 12.0 Å². The van der Waals surface area contributed by atoms with E-state index in [0.717, 1.165) is 19.5 Å². The van der Waals surface area contributed by atoms with Crippen LogP contribution in [0, 0.1) is 0 Å². The molecule has 1 aliphatic rings. The Morgan fingerprint density at radius 1 is 1.41 bits per heavy atom. The average molecular weight is 243 g/mol. The molecule has 6 nitrogen and oxygen atoms in total. The molecule has 1 fully saturated rings. The van der Waals surface area contributed by atoms with E-state index in [2.05, 4.69) is 10.6 Å². The van der Waals surface area contributed by atoms with E-state index in [0.29, 0.717) is 19.5 Å². The first-order chi connectivity index (χ1) is 8.13. The quantitative estimate of drug-likeness (QED) is 0.646. The first-order valence-electron chi connectivity index (χ1n) is 6.11. The molecule has 1 unspecified atom stereocenters. The number of carbonyl (C=O) groups is 2. The summed E-state index contributed by atoms with van der Waals surface area (Å²) in [6.07, 6.45) is 1.55. The molecule has 0 radical (unpaired) electrons. The minimum Gasteiger partial charge on any atom is -0.481 e. The molecule has 0 aromatic carbocycles. The number of nitrogens with one attached hydrogen (secondary N) is 2. The van der Waals surface area contributed by atoms with Crippen molar-refractivity contribution in [3.8, 4) is 0 Å². The molecular formula is C11H21N3O3. The van der Waals surface area contributed by atoms with E-state index < -0.39 is 5.97 Å². The Hall–Kier alpha value is -1.30. The summed E-state index contributed by atoms with van der Waals surface area (Å²) in [4.78, 5) is 24.2. The Morgan fingerprint density at radius 3 is 2.59 bits per heavy atom. The van der Waals surface area contributed by atoms with E-state index in [1.807, 2.05) is 6.92 Å². The number of urea groups is 1. The molecule has 0 bridgehead atoms. The van der Waals surface area contributed by atoms with Gasteiger partial charge < -0.3 is 20.6 Å². The van der Waals surface area contributed by atoms with Crippen molar-refractivity contribution in [1.29, 1.82) is 0 Å². The second-order valence-corrected chi connectivity index (χ2v) is 4.27. The maximum absolute atomic E-state index is 11.9. The Morgan fingerprint density at radius 2 is 2.06 bits per heavy atom. The van der Waals surface area contributed by atoms with Crippen LogP contribution in [-0.2, 0) is 4.79 Å². The minimum atomic E-state index is -0.871. The SMILES string of the molecule is CCCC(CC(=O)O)NC(=O)N1CCNCC1. The number of piperazine rings is 1. The summed E-state index contributed by atoms with van der Waals surface area (Å²) >= 11 is 0. The van der Waals surface area contributed by atoms with Crippen LogP contribution >= 0.6 is 0 Å². The van der Waals surface area contributed by atoms with Crippen molar-refractivity contribution in [2.45, 2.75) is 32.2 Å². The van der Waals surface area contributed by atoms with Gasteiger partial charge in [-0.3, -0.25) is 4.79 Å². The summed E-state index contributed by atoms with van der Waals surface area (Å²) in [7, 11) is 0. The van der Waals surface area contributed by atoms with E-state index in [4.69, 9.17) is 5.11 Å². The first kappa shape index (κ1) is 13.8. The average Bonchev–Trinajstić information content (AvgIpc) is 2.29. The third-order valence-corrected chi connectivity index (χ3v) is 2.79. The molecule has 2 amide bonds. The van der Waals surface area contributed by atoms with Crippen LogP contribution in [0.2, 0.25) is 0 Å². The summed E-state index contributed by atoms with van der Waals surface area (Å²) in [5.41, 5.74) is 0. The molecule has 0 saturated carbocycles. The Kier molecular flexibility index (Phi) is 5.76. The molecule has 1 rings (SSSR count). The zero-order chi connectivity index (χ0) is 12.7. The normalized spacial score (nSPS) is 17.6. The van der Waals surface area contributed by atoms with Crippen LogP contribution in [0.1, 0.15) is 26.2 Å². The number of rotatable bonds is 5. The second-order valence-electron chi connectivity index (χ2n) is 4.27. The second kappa shape index (κ2) is 7.11. The van der Waals surface area contributed by atoms with Gasteiger partial charge in [0.1, 0.15) is 0 Å². The molecule has 6 heteroatoms. The highest BCUT2D eigenvalue weighted by atomic mass is 16.4. The van der Waals surface area contributed by atoms with Gasteiger partial charge in [-0.25, -0.2) is 4.79 Å². The lowest BCUT2D eigenvalue weighted by Gasteiger charge is -2.29. The number of carboxylic acid groups (broad SMARTS) is 1. The van der Waals surface area contributed by atoms with E-state index in [1.165, 1.54) is 0 Å². The maximum atomic E-state index is 11.9. The Bertz CT molecular complexity index is 265. The lowest BCUT2D eigenvalue weighted by molar-refractivity contribution is -0.137.